The lowest BCUT2D eigenvalue weighted by atomic mass is 10.0. The number of likely N-dealkylation sites (N-methyl/N-ethyl adjacent to an activating group) is 1. The van der Waals surface area contributed by atoms with E-state index in [4.69, 9.17) is 4.74 Å². The van der Waals surface area contributed by atoms with E-state index < -0.39 is 48.1 Å². The van der Waals surface area contributed by atoms with Crippen LogP contribution in [0.5, 0.6) is 5.75 Å². The fourth-order valence-corrected chi connectivity index (χ4v) is 3.05. The minimum Gasteiger partial charge on any atom is -0.508 e. The number of nitrogens with one attached hydrogen (secondary N) is 2. The maximum atomic E-state index is 13.3. The van der Waals surface area contributed by atoms with Crippen molar-refractivity contribution in [2.45, 2.75) is 45.4 Å². The van der Waals surface area contributed by atoms with Crippen molar-refractivity contribution >= 4 is 36.5 Å². The quantitative estimate of drug-likeness (QED) is 0.317. The number of hydrogen-bond donors (Lipinski definition) is 4. The Bertz CT molecular complexity index is 826. The Morgan fingerprint density at radius 3 is 2.31 bits per heavy atom. The lowest BCUT2D eigenvalue weighted by Crippen LogP contribution is -2.54. The van der Waals surface area contributed by atoms with Crippen molar-refractivity contribution in [3.63, 3.8) is 0 Å². The van der Waals surface area contributed by atoms with Gasteiger partial charge in [0.05, 0.1) is 7.11 Å². The number of para-hydroxylation sites is 1. The van der Waals surface area contributed by atoms with Gasteiger partial charge in [-0.3, -0.25) is 14.4 Å². The van der Waals surface area contributed by atoms with E-state index in [2.05, 4.69) is 28.0 Å². The molecule has 2 unspecified atom stereocenters. The van der Waals surface area contributed by atoms with Crippen LogP contribution in [0, 0.1) is 0 Å². The van der Waals surface area contributed by atoms with Gasteiger partial charge in [-0.05, 0) is 33.8 Å². The third-order valence-corrected chi connectivity index (χ3v) is 4.59. The number of phenolic OH excluding ortho intramolecular Hbond substituents is 1. The van der Waals surface area contributed by atoms with Crippen LogP contribution in [0.2, 0.25) is 0 Å². The van der Waals surface area contributed by atoms with Gasteiger partial charge in [-0.25, -0.2) is 4.79 Å². The zero-order chi connectivity index (χ0) is 24.5. The number of amides is 3. The van der Waals surface area contributed by atoms with Gasteiger partial charge in [0.2, 0.25) is 11.8 Å². The number of benzene rings is 1. The Labute approximate surface area is 193 Å². The number of methoxy groups -OCH3 is 1. The van der Waals surface area contributed by atoms with E-state index in [1.54, 1.807) is 39.8 Å². The second-order valence-electron chi connectivity index (χ2n) is 7.76. The van der Waals surface area contributed by atoms with Crippen LogP contribution in [-0.2, 0) is 23.9 Å². The predicted molar refractivity (Wildman–Crippen MR) is 120 cm³/mol. The van der Waals surface area contributed by atoms with Crippen LogP contribution in [0.15, 0.2) is 24.3 Å². The number of nitrogens with zero attached hydrogens (tertiary/aromatic N) is 1. The number of carbonyl (C=O) groups excluding carboxylic acids is 4. The van der Waals surface area contributed by atoms with Crippen LogP contribution in [0.25, 0.3) is 0 Å². The molecule has 1 aromatic rings. The first-order valence-corrected chi connectivity index (χ1v) is 10.6. The molecule has 1 rings (SSSR count). The first kappa shape index (κ1) is 27.1. The molecule has 178 valence electrons. The molecule has 1 aromatic carbocycles. The molecule has 0 bridgehead atoms. The Balaban J connectivity index is 3.24. The van der Waals surface area contributed by atoms with Gasteiger partial charge >= 0.3 is 12.1 Å². The summed E-state index contributed by atoms with van der Waals surface area (Å²) in [6.45, 7) is 6.33. The molecular formula is C21H31N3O7S. The minimum absolute atomic E-state index is 0.0593. The van der Waals surface area contributed by atoms with Gasteiger partial charge in [-0.1, -0.05) is 18.2 Å². The number of ether oxygens (including phenoxy) is 2. The second kappa shape index (κ2) is 12.2. The molecule has 0 aliphatic rings. The van der Waals surface area contributed by atoms with Gasteiger partial charge < -0.3 is 30.1 Å². The molecule has 2 atom stereocenters. The first-order chi connectivity index (χ1) is 14.9. The number of thiol groups is 1. The Hall–Kier alpha value is -2.95. The molecule has 0 aromatic heterocycles. The molecule has 0 spiro atoms. The van der Waals surface area contributed by atoms with E-state index in [9.17, 15) is 24.3 Å². The fraction of sp³-hybridized carbons (Fsp3) is 0.524. The van der Waals surface area contributed by atoms with Gasteiger partial charge in [0, 0.05) is 17.9 Å². The molecule has 0 saturated heterocycles. The summed E-state index contributed by atoms with van der Waals surface area (Å²) in [7, 11) is 1.18. The zero-order valence-corrected chi connectivity index (χ0v) is 19.8. The van der Waals surface area contributed by atoms with Crippen LogP contribution in [0.1, 0.15) is 39.3 Å². The highest BCUT2D eigenvalue weighted by molar-refractivity contribution is 7.80. The van der Waals surface area contributed by atoms with Crippen molar-refractivity contribution in [2.75, 3.05) is 26.0 Å². The molecule has 32 heavy (non-hydrogen) atoms. The molecular weight excluding hydrogens is 438 g/mol. The Kier molecular flexibility index (Phi) is 10.3. The van der Waals surface area contributed by atoms with E-state index in [0.29, 0.717) is 0 Å². The average molecular weight is 470 g/mol. The average Bonchev–Trinajstić information content (AvgIpc) is 2.72. The molecule has 3 amide bonds. The third-order valence-electron chi connectivity index (χ3n) is 4.22. The highest BCUT2D eigenvalue weighted by Gasteiger charge is 2.36. The van der Waals surface area contributed by atoms with E-state index in [1.807, 2.05) is 0 Å². The molecule has 3 N–H and O–H groups in total. The number of phenols is 1. The molecule has 10 nitrogen and oxygen atoms in total. The lowest BCUT2D eigenvalue weighted by molar-refractivity contribution is -0.144. The smallest absolute Gasteiger partial charge is 0.408 e. The van der Waals surface area contributed by atoms with Gasteiger partial charge in [0.25, 0.3) is 0 Å². The van der Waals surface area contributed by atoms with E-state index in [-0.39, 0.29) is 23.6 Å². The van der Waals surface area contributed by atoms with Crippen molar-refractivity contribution in [2.24, 2.45) is 0 Å². The molecule has 0 aliphatic heterocycles. The molecule has 11 heteroatoms. The largest absolute Gasteiger partial charge is 0.508 e. The molecule has 0 aliphatic carbocycles. The van der Waals surface area contributed by atoms with Gasteiger partial charge in [-0.2, -0.15) is 12.6 Å². The summed E-state index contributed by atoms with van der Waals surface area (Å²) in [5, 5.41) is 15.2. The molecule has 0 radical (unpaired) electrons. The van der Waals surface area contributed by atoms with Crippen molar-refractivity contribution in [3.8, 4) is 5.75 Å². The number of alkyl carbamates (subject to hydrolysis) is 1. The summed E-state index contributed by atoms with van der Waals surface area (Å²) in [6, 6.07) is 3.66. The molecule has 0 heterocycles. The third kappa shape index (κ3) is 7.95. The summed E-state index contributed by atoms with van der Waals surface area (Å²) in [6.07, 6.45) is -0.810. The monoisotopic (exact) mass is 469 g/mol. The van der Waals surface area contributed by atoms with Crippen LogP contribution >= 0.6 is 12.6 Å². The van der Waals surface area contributed by atoms with Crippen molar-refractivity contribution < 1.29 is 33.8 Å². The van der Waals surface area contributed by atoms with E-state index in [0.717, 1.165) is 0 Å². The number of esters is 1. The van der Waals surface area contributed by atoms with Gasteiger partial charge in [0.1, 0.15) is 30.0 Å². The topological polar surface area (TPSA) is 134 Å². The predicted octanol–water partition coefficient (Wildman–Crippen LogP) is 1.39. The molecule has 0 saturated carbocycles. The Morgan fingerprint density at radius 1 is 1.19 bits per heavy atom. The highest BCUT2D eigenvalue weighted by Crippen LogP contribution is 2.29. The van der Waals surface area contributed by atoms with Crippen molar-refractivity contribution in [3.05, 3.63) is 29.8 Å². The number of hydrogen-bond acceptors (Lipinski definition) is 8. The summed E-state index contributed by atoms with van der Waals surface area (Å²) in [5.41, 5.74) is -0.620. The van der Waals surface area contributed by atoms with Crippen molar-refractivity contribution in [1.82, 2.24) is 15.5 Å². The van der Waals surface area contributed by atoms with E-state index >= 15 is 0 Å². The maximum absolute atomic E-state index is 13.3. The molecule has 0 fully saturated rings. The first-order valence-electron chi connectivity index (χ1n) is 9.98. The van der Waals surface area contributed by atoms with Crippen LogP contribution in [-0.4, -0.2) is 71.5 Å². The summed E-state index contributed by atoms with van der Waals surface area (Å²) in [4.78, 5) is 51.1. The number of aromatic hydroxyl groups is 1. The van der Waals surface area contributed by atoms with Crippen molar-refractivity contribution in [1.29, 1.82) is 0 Å². The lowest BCUT2D eigenvalue weighted by Gasteiger charge is -2.33. The van der Waals surface area contributed by atoms with E-state index in [1.165, 1.54) is 24.1 Å². The highest BCUT2D eigenvalue weighted by atomic mass is 32.1. The second-order valence-corrected chi connectivity index (χ2v) is 8.13. The minimum atomic E-state index is -1.28. The fourth-order valence-electron chi connectivity index (χ4n) is 2.80. The van der Waals surface area contributed by atoms with Gasteiger partial charge in [0.15, 0.2) is 0 Å². The van der Waals surface area contributed by atoms with Crippen LogP contribution < -0.4 is 10.6 Å². The maximum Gasteiger partial charge on any atom is 0.408 e. The normalized spacial score (nSPS) is 12.8. The summed E-state index contributed by atoms with van der Waals surface area (Å²) in [5.74, 6) is -2.27. The van der Waals surface area contributed by atoms with Crippen LogP contribution in [0.3, 0.4) is 0 Å². The zero-order valence-electron chi connectivity index (χ0n) is 18.9. The summed E-state index contributed by atoms with van der Waals surface area (Å²) >= 11 is 4.15. The van der Waals surface area contributed by atoms with Gasteiger partial charge in [-0.15, -0.1) is 0 Å². The Morgan fingerprint density at radius 2 is 1.81 bits per heavy atom. The SMILES string of the molecule is CCN(C(=O)C(CS)NC(=O)OC(C)(C)C)C(C(=O)NCC(=O)OC)c1ccccc1O. The van der Waals surface area contributed by atoms with Crippen LogP contribution in [0.4, 0.5) is 4.79 Å². The number of carbonyl (C=O) groups is 4. The summed E-state index contributed by atoms with van der Waals surface area (Å²) < 4.78 is 9.73. The standard InChI is InChI=1S/C21H31N3O7S/c1-6-24(19(28)14(12-32)23-20(29)31-21(2,3)4)17(13-9-7-8-10-15(13)25)18(27)22-11-16(26)30-5/h7-10,14,17,25,32H,6,11-12H2,1-5H3,(H,22,27)(H,23,29). The number of rotatable bonds is 9.